The fourth-order valence-corrected chi connectivity index (χ4v) is 3.92. The van der Waals surface area contributed by atoms with Crippen LogP contribution in [0.1, 0.15) is 54.0 Å². The van der Waals surface area contributed by atoms with Crippen LogP contribution in [0.15, 0.2) is 38.5 Å². The number of fused-ring (bicyclic) bond motifs is 1. The van der Waals surface area contributed by atoms with Crippen molar-refractivity contribution in [3.63, 3.8) is 0 Å². The van der Waals surface area contributed by atoms with Crippen LogP contribution < -0.4 is 5.32 Å². The number of benzene rings is 1. The zero-order chi connectivity index (χ0) is 17.9. The molecule has 4 rings (SSSR count). The van der Waals surface area contributed by atoms with Crippen molar-refractivity contribution in [2.75, 3.05) is 0 Å². The van der Waals surface area contributed by atoms with Crippen LogP contribution in [-0.4, -0.2) is 21.9 Å². The molecular formula is C19H21N3O3S. The van der Waals surface area contributed by atoms with Crippen molar-refractivity contribution < 1.29 is 13.6 Å². The van der Waals surface area contributed by atoms with Crippen LogP contribution in [0.25, 0.3) is 11.1 Å². The number of para-hydroxylation sites is 1. The summed E-state index contributed by atoms with van der Waals surface area (Å²) in [6, 6.07) is 6.11. The zero-order valence-electron chi connectivity index (χ0n) is 14.7. The van der Waals surface area contributed by atoms with Crippen LogP contribution in [0.5, 0.6) is 0 Å². The number of rotatable bonds is 5. The van der Waals surface area contributed by atoms with Gasteiger partial charge < -0.3 is 14.2 Å². The normalized spacial score (nSPS) is 15.4. The zero-order valence-corrected chi connectivity index (χ0v) is 15.5. The molecular weight excluding hydrogens is 350 g/mol. The molecule has 7 heteroatoms. The Morgan fingerprint density at radius 1 is 1.27 bits per heavy atom. The van der Waals surface area contributed by atoms with Gasteiger partial charge in [0.25, 0.3) is 11.1 Å². The molecule has 1 saturated carbocycles. The first-order valence-corrected chi connectivity index (χ1v) is 9.92. The molecule has 1 amide bonds. The van der Waals surface area contributed by atoms with Crippen LogP contribution in [0.2, 0.25) is 0 Å². The molecule has 1 aromatic carbocycles. The summed E-state index contributed by atoms with van der Waals surface area (Å²) >= 11 is 1.40. The SMILES string of the molecule is Cc1cccc2oc(SCc3nc(C(=O)NC4CCCCC4)co3)nc12. The number of amides is 1. The van der Waals surface area contributed by atoms with Crippen molar-refractivity contribution in [2.45, 2.75) is 56.0 Å². The Balaban J connectivity index is 1.36. The summed E-state index contributed by atoms with van der Waals surface area (Å²) in [5.41, 5.74) is 3.05. The molecule has 1 fully saturated rings. The van der Waals surface area contributed by atoms with Gasteiger partial charge >= 0.3 is 0 Å². The molecule has 2 aromatic heterocycles. The van der Waals surface area contributed by atoms with Crippen LogP contribution in [-0.2, 0) is 5.75 Å². The Labute approximate surface area is 155 Å². The summed E-state index contributed by atoms with van der Waals surface area (Å²) in [7, 11) is 0. The van der Waals surface area contributed by atoms with Gasteiger partial charge in [-0.15, -0.1) is 0 Å². The van der Waals surface area contributed by atoms with Gasteiger partial charge in [-0.25, -0.2) is 9.97 Å². The quantitative estimate of drug-likeness (QED) is 0.666. The summed E-state index contributed by atoms with van der Waals surface area (Å²) < 4.78 is 11.2. The lowest BCUT2D eigenvalue weighted by molar-refractivity contribution is 0.0922. The molecule has 0 aliphatic heterocycles. The number of aryl methyl sites for hydroxylation is 1. The molecule has 0 spiro atoms. The van der Waals surface area contributed by atoms with E-state index in [9.17, 15) is 4.79 Å². The highest BCUT2D eigenvalue weighted by Gasteiger charge is 2.19. The van der Waals surface area contributed by atoms with Gasteiger partial charge in [0, 0.05) is 6.04 Å². The minimum absolute atomic E-state index is 0.158. The first-order valence-electron chi connectivity index (χ1n) is 8.93. The predicted octanol–water partition coefficient (Wildman–Crippen LogP) is 4.48. The summed E-state index contributed by atoms with van der Waals surface area (Å²) in [5.74, 6) is 0.792. The second-order valence-corrected chi connectivity index (χ2v) is 7.55. The van der Waals surface area contributed by atoms with E-state index in [2.05, 4.69) is 15.3 Å². The first-order chi connectivity index (χ1) is 12.7. The number of nitrogens with one attached hydrogen (secondary N) is 1. The Hall–Kier alpha value is -2.28. The van der Waals surface area contributed by atoms with E-state index in [0.29, 0.717) is 22.6 Å². The van der Waals surface area contributed by atoms with Gasteiger partial charge in [-0.05, 0) is 31.4 Å². The second kappa shape index (κ2) is 7.53. The van der Waals surface area contributed by atoms with E-state index in [0.717, 1.165) is 29.5 Å². The summed E-state index contributed by atoms with van der Waals surface area (Å²) in [6.45, 7) is 2.00. The number of carbonyl (C=O) groups is 1. The molecule has 0 radical (unpaired) electrons. The molecule has 0 atom stereocenters. The van der Waals surface area contributed by atoms with Crippen molar-refractivity contribution in [3.8, 4) is 0 Å². The van der Waals surface area contributed by atoms with Crippen molar-refractivity contribution in [2.24, 2.45) is 0 Å². The highest BCUT2D eigenvalue weighted by atomic mass is 32.2. The molecule has 3 aromatic rings. The Bertz CT molecular complexity index is 912. The third kappa shape index (κ3) is 3.77. The topological polar surface area (TPSA) is 81.2 Å². The van der Waals surface area contributed by atoms with Gasteiger partial charge in [-0.2, -0.15) is 0 Å². The van der Waals surface area contributed by atoms with Crippen molar-refractivity contribution in [1.82, 2.24) is 15.3 Å². The van der Waals surface area contributed by atoms with E-state index in [4.69, 9.17) is 8.83 Å². The molecule has 0 saturated heterocycles. The van der Waals surface area contributed by atoms with Gasteiger partial charge in [0.15, 0.2) is 11.3 Å². The van der Waals surface area contributed by atoms with Gasteiger partial charge in [-0.3, -0.25) is 4.79 Å². The van der Waals surface area contributed by atoms with E-state index in [-0.39, 0.29) is 11.9 Å². The lowest BCUT2D eigenvalue weighted by Crippen LogP contribution is -2.36. The molecule has 136 valence electrons. The summed E-state index contributed by atoms with van der Waals surface area (Å²) in [5, 5.41) is 3.62. The average molecular weight is 371 g/mol. The van der Waals surface area contributed by atoms with Crippen LogP contribution in [0, 0.1) is 6.92 Å². The predicted molar refractivity (Wildman–Crippen MR) is 99.1 cm³/mol. The fraction of sp³-hybridized carbons (Fsp3) is 0.421. The highest BCUT2D eigenvalue weighted by molar-refractivity contribution is 7.98. The molecule has 1 N–H and O–H groups in total. The number of oxazole rings is 2. The van der Waals surface area contributed by atoms with Crippen LogP contribution in [0.3, 0.4) is 0 Å². The lowest BCUT2D eigenvalue weighted by atomic mass is 9.95. The molecule has 26 heavy (non-hydrogen) atoms. The Kier molecular flexibility index (Phi) is 4.97. The number of hydrogen-bond donors (Lipinski definition) is 1. The maximum atomic E-state index is 12.3. The Morgan fingerprint density at radius 2 is 2.12 bits per heavy atom. The van der Waals surface area contributed by atoms with E-state index in [1.165, 1.54) is 37.3 Å². The van der Waals surface area contributed by atoms with E-state index < -0.39 is 0 Å². The monoisotopic (exact) mass is 371 g/mol. The van der Waals surface area contributed by atoms with E-state index in [1.54, 1.807) is 0 Å². The second-order valence-electron chi connectivity index (χ2n) is 6.62. The summed E-state index contributed by atoms with van der Waals surface area (Å²) in [6.07, 6.45) is 7.12. The molecule has 1 aliphatic carbocycles. The van der Waals surface area contributed by atoms with Crippen LogP contribution >= 0.6 is 11.8 Å². The molecule has 1 aliphatic rings. The minimum atomic E-state index is -0.158. The number of carbonyl (C=O) groups excluding carboxylic acids is 1. The maximum Gasteiger partial charge on any atom is 0.273 e. The minimum Gasteiger partial charge on any atom is -0.447 e. The van der Waals surface area contributed by atoms with E-state index in [1.807, 2.05) is 25.1 Å². The van der Waals surface area contributed by atoms with Crippen LogP contribution in [0.4, 0.5) is 0 Å². The van der Waals surface area contributed by atoms with E-state index >= 15 is 0 Å². The van der Waals surface area contributed by atoms with Crippen molar-refractivity contribution >= 4 is 28.8 Å². The van der Waals surface area contributed by atoms with Crippen molar-refractivity contribution in [3.05, 3.63) is 41.6 Å². The number of aromatic nitrogens is 2. The lowest BCUT2D eigenvalue weighted by Gasteiger charge is -2.22. The molecule has 6 nitrogen and oxygen atoms in total. The fourth-order valence-electron chi connectivity index (χ4n) is 3.24. The third-order valence-electron chi connectivity index (χ3n) is 4.64. The van der Waals surface area contributed by atoms with Gasteiger partial charge in [0.1, 0.15) is 11.8 Å². The average Bonchev–Trinajstić information content (AvgIpc) is 3.28. The van der Waals surface area contributed by atoms with Gasteiger partial charge in [0.05, 0.1) is 5.75 Å². The maximum absolute atomic E-state index is 12.3. The smallest absolute Gasteiger partial charge is 0.273 e. The number of nitrogens with zero attached hydrogens (tertiary/aromatic N) is 2. The number of hydrogen-bond acceptors (Lipinski definition) is 6. The first kappa shape index (κ1) is 17.1. The molecule has 2 heterocycles. The number of thioether (sulfide) groups is 1. The highest BCUT2D eigenvalue weighted by Crippen LogP contribution is 2.27. The Morgan fingerprint density at radius 3 is 2.92 bits per heavy atom. The van der Waals surface area contributed by atoms with Gasteiger partial charge in [0.2, 0.25) is 5.89 Å². The summed E-state index contributed by atoms with van der Waals surface area (Å²) in [4.78, 5) is 21.1. The van der Waals surface area contributed by atoms with Gasteiger partial charge in [-0.1, -0.05) is 43.2 Å². The largest absolute Gasteiger partial charge is 0.447 e. The molecule has 0 unspecified atom stereocenters. The van der Waals surface area contributed by atoms with Crippen molar-refractivity contribution in [1.29, 1.82) is 0 Å². The third-order valence-corrected chi connectivity index (χ3v) is 5.46. The standard InChI is InChI=1S/C19H21N3O3S/c1-12-6-5-9-15-17(12)22-19(25-15)26-11-16-21-14(10-24-16)18(23)20-13-7-3-2-4-8-13/h5-6,9-10,13H,2-4,7-8,11H2,1H3,(H,20,23). The molecule has 0 bridgehead atoms.